The molecule has 0 spiro atoms. The van der Waals surface area contributed by atoms with Gasteiger partial charge in [-0.3, -0.25) is 20.0 Å². The van der Waals surface area contributed by atoms with Gasteiger partial charge in [-0.25, -0.2) is 39.9 Å². The third-order valence-corrected chi connectivity index (χ3v) is 15.7. The van der Waals surface area contributed by atoms with Crippen LogP contribution in [0, 0.1) is 76.3 Å². The number of carboxylic acid groups (broad SMARTS) is 8. The molecule has 0 saturated heterocycles. The average Bonchev–Trinajstić information content (AvgIpc) is 0.831. The van der Waals surface area contributed by atoms with Gasteiger partial charge in [-0.05, 0) is 156 Å². The van der Waals surface area contributed by atoms with Gasteiger partial charge in [0, 0.05) is 51.0 Å². The van der Waals surface area contributed by atoms with Gasteiger partial charge >= 0.3 is 135 Å². The second-order valence-electron chi connectivity index (χ2n) is 23.9. The van der Waals surface area contributed by atoms with Crippen molar-refractivity contribution in [2.75, 3.05) is 54.6 Å². The van der Waals surface area contributed by atoms with Crippen LogP contribution in [0.4, 0.5) is 0 Å². The maximum absolute atomic E-state index is 11.9. The van der Waals surface area contributed by atoms with Crippen LogP contribution in [0.2, 0.25) is 0 Å². The number of aromatic nitrogens is 8. The first-order valence-corrected chi connectivity index (χ1v) is 35.5. The molecule has 36 nitrogen and oxygen atoms in total. The van der Waals surface area contributed by atoms with Crippen LogP contribution >= 0.6 is 0 Å². The van der Waals surface area contributed by atoms with Crippen LogP contribution in [0.5, 0.6) is 46.0 Å². The van der Waals surface area contributed by atoms with Crippen molar-refractivity contribution in [3.8, 4) is 91.5 Å². The van der Waals surface area contributed by atoms with Gasteiger partial charge in [0.2, 0.25) is 0 Å². The zero-order valence-electron chi connectivity index (χ0n) is 67.3. The van der Waals surface area contributed by atoms with E-state index in [2.05, 4.69) is 59.8 Å². The number of methoxy groups -OCH3 is 4. The SMILES string of the molecule is COc1cccc(C=NCCCN=Cc2cccc(OC)c2[O-])c1[O-].COc1cccc(C=NCCCN=Cc2cccc(OC)c2[O-])c1[O-].O=C([O-])c1cccc(-c2cccc(C(=O)[O-])n2)n1.O=C([O-])c1cccc(-c2cccc(C(=O)[O-])n2)n1.O=C([O-])c1cccc(-c2cccc(C(=O)[O-])n2)n1.O=C([O-])c1cccc(-c2cccc(C(=O)[O-])n2)n1.[Dy+3].[Dy+3].[Zn+2].[Zn+2].[Zn+2]. The number of benzene rings is 4. The van der Waals surface area contributed by atoms with E-state index in [1.807, 2.05) is 0 Å². The molecule has 638 valence electrons. The Kier molecular flexibility index (Phi) is 50.2. The summed E-state index contributed by atoms with van der Waals surface area (Å²) in [6, 6.07) is 54.5. The molecule has 0 unspecified atom stereocenters. The van der Waals surface area contributed by atoms with Crippen LogP contribution in [0.25, 0.3) is 45.6 Å². The number of aromatic carboxylic acids is 8. The Labute approximate surface area is 822 Å². The second-order valence-corrected chi connectivity index (χ2v) is 23.9. The molecule has 4 aromatic carbocycles. The fraction of sp³-hybridized carbons (Fsp3) is 0.116. The average molecular weight is 2170 g/mol. The summed E-state index contributed by atoms with van der Waals surface area (Å²) in [5.74, 6) is -10.7. The number of aliphatic imine (C=N–C) groups is 4. The molecule has 0 amide bonds. The topological polar surface area (TPSA) is 603 Å². The maximum Gasteiger partial charge on any atom is 3.00 e. The molecule has 0 aliphatic carbocycles. The minimum atomic E-state index is -1.41. The van der Waals surface area contributed by atoms with Crippen molar-refractivity contribution in [3.63, 3.8) is 0 Å². The fourth-order valence-electron chi connectivity index (χ4n) is 9.87. The summed E-state index contributed by atoms with van der Waals surface area (Å²) >= 11 is 0. The van der Waals surface area contributed by atoms with Crippen molar-refractivity contribution >= 4 is 72.6 Å². The number of hydrogen-bond acceptors (Lipinski definition) is 36. The van der Waals surface area contributed by atoms with E-state index in [-0.39, 0.29) is 249 Å². The number of nitrogens with zero attached hydrogens (tertiary/aromatic N) is 12. The second kappa shape index (κ2) is 57.8. The summed E-state index contributed by atoms with van der Waals surface area (Å²) in [5, 5.41) is 133. The van der Waals surface area contributed by atoms with Crippen molar-refractivity contribution in [1.82, 2.24) is 39.9 Å². The fourth-order valence-corrected chi connectivity index (χ4v) is 9.87. The number of carboxylic acids is 8. The summed E-state index contributed by atoms with van der Waals surface area (Å²) in [6.45, 7) is 2.15. The van der Waals surface area contributed by atoms with E-state index in [1.54, 1.807) is 97.7 Å². The first-order chi connectivity index (χ1) is 58.6. The molecule has 0 atom stereocenters. The van der Waals surface area contributed by atoms with Gasteiger partial charge in [-0.1, -0.05) is 120 Å². The van der Waals surface area contributed by atoms with Crippen molar-refractivity contribution < 1.29 is 253 Å². The van der Waals surface area contributed by atoms with E-state index in [0.717, 1.165) is 0 Å². The van der Waals surface area contributed by atoms with Crippen LogP contribution < -0.4 is 80.2 Å². The van der Waals surface area contributed by atoms with Crippen LogP contribution in [0.3, 0.4) is 0 Å². The third kappa shape index (κ3) is 35.4. The van der Waals surface area contributed by atoms with Crippen LogP contribution in [-0.4, -0.2) is 167 Å². The zero-order chi connectivity index (χ0) is 88.6. The minimum Gasteiger partial charge on any atom is -0.870 e. The molecule has 0 saturated carbocycles. The van der Waals surface area contributed by atoms with Gasteiger partial charge in [0.1, 0.15) is 23.0 Å². The zero-order valence-corrected chi connectivity index (χ0v) is 80.2. The summed E-state index contributed by atoms with van der Waals surface area (Å²) < 4.78 is 19.9. The van der Waals surface area contributed by atoms with Crippen LogP contribution in [0.15, 0.2) is 238 Å². The molecule has 0 fully saturated rings. The predicted molar refractivity (Wildman–Crippen MR) is 413 cm³/mol. The normalized spacial score (nSPS) is 10.1. The molecule has 0 N–H and O–H groups in total. The van der Waals surface area contributed by atoms with E-state index in [9.17, 15) is 99.6 Å². The van der Waals surface area contributed by atoms with E-state index < -0.39 is 47.8 Å². The smallest absolute Gasteiger partial charge is 0.870 e. The van der Waals surface area contributed by atoms with E-state index >= 15 is 0 Å². The van der Waals surface area contributed by atoms with Gasteiger partial charge in [0.15, 0.2) is 0 Å². The van der Waals surface area contributed by atoms with Crippen LogP contribution in [-0.2, 0) is 58.4 Å². The van der Waals surface area contributed by atoms with Gasteiger partial charge in [-0.2, -0.15) is 0 Å². The monoisotopic (exact) mass is 2170 g/mol. The Morgan fingerprint density at radius 3 is 0.504 bits per heavy atom. The summed E-state index contributed by atoms with van der Waals surface area (Å²) in [4.78, 5) is 133. The van der Waals surface area contributed by atoms with E-state index in [4.69, 9.17) is 18.9 Å². The molecule has 12 aromatic rings. The number of pyridine rings is 8. The predicted octanol–water partition coefficient (Wildman–Crippen LogP) is -0.967. The quantitative estimate of drug-likeness (QED) is 0.0323. The van der Waals surface area contributed by atoms with Crippen molar-refractivity contribution in [2.45, 2.75) is 12.8 Å². The summed E-state index contributed by atoms with van der Waals surface area (Å²) in [6.07, 6.45) is 7.62. The Morgan fingerprint density at radius 2 is 0.378 bits per heavy atom. The van der Waals surface area contributed by atoms with Crippen LogP contribution in [0.1, 0.15) is 119 Å². The molecule has 0 aliphatic rings. The Balaban J connectivity index is 0.000000515. The Hall–Kier alpha value is -12.7. The molecule has 0 bridgehead atoms. The molecule has 8 aromatic heterocycles. The molecule has 41 heteroatoms. The molecule has 0 aliphatic heterocycles. The first-order valence-electron chi connectivity index (χ1n) is 35.5. The molecule has 12 rings (SSSR count). The van der Waals surface area contributed by atoms with Gasteiger partial charge in [0.05, 0.1) is 167 Å². The van der Waals surface area contributed by atoms with Crippen molar-refractivity contribution in [3.05, 3.63) is 286 Å². The minimum absolute atomic E-state index is 0. The van der Waals surface area contributed by atoms with E-state index in [1.165, 1.54) is 174 Å². The molecular weight excluding hydrogens is 2110 g/mol. The molecule has 2 radical (unpaired) electrons. The largest absolute Gasteiger partial charge is 3.00 e. The summed E-state index contributed by atoms with van der Waals surface area (Å²) in [7, 11) is 5.85. The number of ether oxygens (including phenoxy) is 4. The van der Waals surface area contributed by atoms with E-state index in [0.29, 0.717) is 84.3 Å². The first kappa shape index (κ1) is 110. The van der Waals surface area contributed by atoms with Crippen molar-refractivity contribution in [1.29, 1.82) is 0 Å². The van der Waals surface area contributed by atoms with Gasteiger partial charge in [0.25, 0.3) is 0 Å². The molecule has 127 heavy (non-hydrogen) atoms. The number of para-hydroxylation sites is 4. The Bertz CT molecular complexity index is 4940. The van der Waals surface area contributed by atoms with Gasteiger partial charge < -0.3 is 119 Å². The van der Waals surface area contributed by atoms with Gasteiger partial charge in [-0.15, -0.1) is 0 Å². The number of hydrogen-bond donors (Lipinski definition) is 0. The maximum atomic E-state index is 11.9. The number of rotatable bonds is 28. The van der Waals surface area contributed by atoms with Crippen molar-refractivity contribution in [2.24, 2.45) is 20.0 Å². The number of carbonyl (C=O) groups excluding carboxylic acids is 8. The third-order valence-electron chi connectivity index (χ3n) is 15.7. The molecule has 8 heterocycles. The molecular formula is C86H64Dy2N12O24Zn3. The summed E-state index contributed by atoms with van der Waals surface area (Å²) in [5.41, 5.74) is 2.04. The standard InChI is InChI=1S/2C19H22N2O4.4C12H8N2O4.2Dy.3Zn/c2*1-24-16-8-3-6-14(18(16)22)12-20-10-5-11-21-13-15-7-4-9-17(25-2)19(15)23;4*15-11(16)9-5-1-3-7(13-9)8-4-2-6-10(14-8)12(17)18;;;;;/h2*3-4,6-9,12-13,22-23H,5,10-11H2,1-2H3;4*1-6H,(H,15,16)(H,17,18);;;;;/q;;;;;;2*+3;3*+2/p-12. The Morgan fingerprint density at radius 1 is 0.244 bits per heavy atom. The number of carbonyl (C=O) groups is 8.